The number of benzene rings is 1. The molecular formula is C14H14N4OS. The van der Waals surface area contributed by atoms with Gasteiger partial charge in [-0.1, -0.05) is 18.2 Å². The van der Waals surface area contributed by atoms with Crippen LogP contribution in [0.4, 0.5) is 5.82 Å². The Morgan fingerprint density at radius 2 is 2.10 bits per heavy atom. The first-order chi connectivity index (χ1) is 9.78. The smallest absolute Gasteiger partial charge is 0.169 e. The lowest BCUT2D eigenvalue weighted by Crippen LogP contribution is -2.11. The average Bonchev–Trinajstić information content (AvgIpc) is 2.94. The topological polar surface area (TPSA) is 73.1 Å². The fourth-order valence-electron chi connectivity index (χ4n) is 1.93. The van der Waals surface area contributed by atoms with Gasteiger partial charge in [0.2, 0.25) is 0 Å². The van der Waals surface area contributed by atoms with E-state index >= 15 is 0 Å². The molecule has 0 fully saturated rings. The number of hydrogen-bond acceptors (Lipinski definition) is 6. The molecule has 3 aromatic rings. The van der Waals surface area contributed by atoms with Crippen LogP contribution in [-0.2, 0) is 6.61 Å². The van der Waals surface area contributed by atoms with Crippen molar-refractivity contribution in [2.24, 2.45) is 5.84 Å². The number of aryl methyl sites for hydroxylation is 1. The van der Waals surface area contributed by atoms with Gasteiger partial charge >= 0.3 is 0 Å². The standard InChI is InChI=1S/C14H14N4OS/c1-9-4-2-3-5-11(9)19-8-12-16-13(18-15)10-6-7-20-14(10)17-12/h2-7H,8,15H2,1H3,(H,16,17,18). The van der Waals surface area contributed by atoms with Crippen LogP contribution in [-0.4, -0.2) is 9.97 Å². The summed E-state index contributed by atoms with van der Waals surface area (Å²) >= 11 is 1.55. The average molecular weight is 286 g/mol. The van der Waals surface area contributed by atoms with Crippen molar-refractivity contribution in [3.63, 3.8) is 0 Å². The molecular weight excluding hydrogens is 272 g/mol. The quantitative estimate of drug-likeness (QED) is 0.570. The van der Waals surface area contributed by atoms with Crippen LogP contribution in [0.15, 0.2) is 35.7 Å². The minimum absolute atomic E-state index is 0.313. The summed E-state index contributed by atoms with van der Waals surface area (Å²) in [5.41, 5.74) is 3.69. The Hall–Kier alpha value is -2.18. The Bertz CT molecular complexity index is 741. The first-order valence-electron chi connectivity index (χ1n) is 6.17. The molecule has 102 valence electrons. The van der Waals surface area contributed by atoms with E-state index in [2.05, 4.69) is 15.4 Å². The zero-order valence-corrected chi connectivity index (χ0v) is 11.8. The number of nitrogens with zero attached hydrogens (tertiary/aromatic N) is 2. The number of hydrogen-bond donors (Lipinski definition) is 2. The highest BCUT2D eigenvalue weighted by molar-refractivity contribution is 7.16. The Kier molecular flexibility index (Phi) is 3.49. The molecule has 3 N–H and O–H groups in total. The van der Waals surface area contributed by atoms with E-state index in [1.807, 2.05) is 42.6 Å². The summed E-state index contributed by atoms with van der Waals surface area (Å²) < 4.78 is 5.76. The van der Waals surface area contributed by atoms with Crippen LogP contribution in [0.25, 0.3) is 10.2 Å². The van der Waals surface area contributed by atoms with Gasteiger partial charge in [0.05, 0.1) is 5.39 Å². The molecule has 0 radical (unpaired) electrons. The SMILES string of the molecule is Cc1ccccc1OCc1nc(NN)c2ccsc2n1. The third kappa shape index (κ3) is 2.43. The highest BCUT2D eigenvalue weighted by Crippen LogP contribution is 2.25. The van der Waals surface area contributed by atoms with Gasteiger partial charge in [-0.3, -0.25) is 0 Å². The van der Waals surface area contributed by atoms with E-state index in [4.69, 9.17) is 10.6 Å². The van der Waals surface area contributed by atoms with Crippen LogP contribution < -0.4 is 16.0 Å². The lowest BCUT2D eigenvalue weighted by molar-refractivity contribution is 0.294. The van der Waals surface area contributed by atoms with Crippen LogP contribution in [0.5, 0.6) is 5.75 Å². The largest absolute Gasteiger partial charge is 0.485 e. The van der Waals surface area contributed by atoms with Gasteiger partial charge in [0.15, 0.2) is 11.6 Å². The Balaban J connectivity index is 1.86. The van der Waals surface area contributed by atoms with Crippen molar-refractivity contribution in [3.05, 3.63) is 47.1 Å². The van der Waals surface area contributed by atoms with Crippen molar-refractivity contribution in [1.29, 1.82) is 0 Å². The molecule has 0 amide bonds. The first-order valence-corrected chi connectivity index (χ1v) is 7.05. The second-order valence-corrected chi connectivity index (χ2v) is 5.22. The number of nitrogen functional groups attached to an aromatic ring is 1. The summed E-state index contributed by atoms with van der Waals surface area (Å²) in [5, 5.41) is 2.89. The number of hydrazine groups is 1. The molecule has 1 aromatic carbocycles. The predicted octanol–water partition coefficient (Wildman–Crippen LogP) is 2.86. The molecule has 0 spiro atoms. The molecule has 0 atom stereocenters. The number of ether oxygens (including phenoxy) is 1. The molecule has 0 bridgehead atoms. The van der Waals surface area contributed by atoms with Crippen molar-refractivity contribution >= 4 is 27.4 Å². The van der Waals surface area contributed by atoms with Crippen LogP contribution >= 0.6 is 11.3 Å². The zero-order chi connectivity index (χ0) is 13.9. The third-order valence-electron chi connectivity index (χ3n) is 2.96. The number of nitrogens with one attached hydrogen (secondary N) is 1. The molecule has 0 unspecified atom stereocenters. The van der Waals surface area contributed by atoms with E-state index in [0.29, 0.717) is 18.2 Å². The van der Waals surface area contributed by atoms with Crippen molar-refractivity contribution < 1.29 is 4.74 Å². The molecule has 0 aliphatic carbocycles. The van der Waals surface area contributed by atoms with Crippen molar-refractivity contribution in [2.75, 3.05) is 5.43 Å². The van der Waals surface area contributed by atoms with Gasteiger partial charge in [-0.25, -0.2) is 15.8 Å². The van der Waals surface area contributed by atoms with E-state index in [-0.39, 0.29) is 0 Å². The summed E-state index contributed by atoms with van der Waals surface area (Å²) in [6.07, 6.45) is 0. The minimum atomic E-state index is 0.313. The van der Waals surface area contributed by atoms with Crippen molar-refractivity contribution in [1.82, 2.24) is 9.97 Å². The summed E-state index contributed by atoms with van der Waals surface area (Å²) in [4.78, 5) is 9.75. The molecule has 0 saturated heterocycles. The summed E-state index contributed by atoms with van der Waals surface area (Å²) in [5.74, 6) is 7.57. The molecule has 2 heterocycles. The van der Waals surface area contributed by atoms with Gasteiger partial charge in [-0.05, 0) is 30.0 Å². The van der Waals surface area contributed by atoms with Crippen LogP contribution in [0.3, 0.4) is 0 Å². The molecule has 20 heavy (non-hydrogen) atoms. The fourth-order valence-corrected chi connectivity index (χ4v) is 2.72. The van der Waals surface area contributed by atoms with Crippen LogP contribution in [0, 0.1) is 6.92 Å². The number of rotatable bonds is 4. The van der Waals surface area contributed by atoms with E-state index in [0.717, 1.165) is 21.5 Å². The molecule has 5 nitrogen and oxygen atoms in total. The van der Waals surface area contributed by atoms with E-state index in [1.54, 1.807) is 11.3 Å². The Morgan fingerprint density at radius 1 is 1.25 bits per heavy atom. The number of nitrogens with two attached hydrogens (primary N) is 1. The van der Waals surface area contributed by atoms with Gasteiger partial charge in [0.1, 0.15) is 17.2 Å². The van der Waals surface area contributed by atoms with E-state index in [9.17, 15) is 0 Å². The minimum Gasteiger partial charge on any atom is -0.485 e. The fraction of sp³-hybridized carbons (Fsp3) is 0.143. The Labute approximate surface area is 120 Å². The van der Waals surface area contributed by atoms with Gasteiger partial charge in [0, 0.05) is 0 Å². The molecule has 0 aliphatic rings. The number of para-hydroxylation sites is 1. The number of thiophene rings is 1. The van der Waals surface area contributed by atoms with Crippen molar-refractivity contribution in [2.45, 2.75) is 13.5 Å². The Morgan fingerprint density at radius 3 is 2.90 bits per heavy atom. The maximum Gasteiger partial charge on any atom is 0.169 e. The highest BCUT2D eigenvalue weighted by atomic mass is 32.1. The van der Waals surface area contributed by atoms with Crippen LogP contribution in [0.1, 0.15) is 11.4 Å². The summed E-state index contributed by atoms with van der Waals surface area (Å²) in [6, 6.07) is 9.80. The molecule has 0 aliphatic heterocycles. The lowest BCUT2D eigenvalue weighted by Gasteiger charge is -2.09. The predicted molar refractivity (Wildman–Crippen MR) is 80.7 cm³/mol. The number of fused-ring (bicyclic) bond motifs is 1. The maximum atomic E-state index is 5.76. The third-order valence-corrected chi connectivity index (χ3v) is 3.77. The van der Waals surface area contributed by atoms with E-state index in [1.165, 1.54) is 0 Å². The normalized spacial score (nSPS) is 10.7. The summed E-state index contributed by atoms with van der Waals surface area (Å²) in [6.45, 7) is 2.32. The molecule has 3 rings (SSSR count). The number of anilines is 1. The molecule has 2 aromatic heterocycles. The monoisotopic (exact) mass is 286 g/mol. The van der Waals surface area contributed by atoms with Gasteiger partial charge < -0.3 is 10.2 Å². The molecule has 0 saturated carbocycles. The maximum absolute atomic E-state index is 5.76. The van der Waals surface area contributed by atoms with Crippen LogP contribution in [0.2, 0.25) is 0 Å². The van der Waals surface area contributed by atoms with E-state index < -0.39 is 0 Å². The van der Waals surface area contributed by atoms with Gasteiger partial charge in [-0.15, -0.1) is 11.3 Å². The zero-order valence-electron chi connectivity index (χ0n) is 11.0. The highest BCUT2D eigenvalue weighted by Gasteiger charge is 2.09. The van der Waals surface area contributed by atoms with Gasteiger partial charge in [-0.2, -0.15) is 0 Å². The number of aromatic nitrogens is 2. The van der Waals surface area contributed by atoms with Crippen molar-refractivity contribution in [3.8, 4) is 5.75 Å². The molecule has 6 heteroatoms. The second kappa shape index (κ2) is 5.44. The first kappa shape index (κ1) is 12.8. The second-order valence-electron chi connectivity index (χ2n) is 4.33. The lowest BCUT2D eigenvalue weighted by atomic mass is 10.2. The summed E-state index contributed by atoms with van der Waals surface area (Å²) in [7, 11) is 0. The van der Waals surface area contributed by atoms with Gasteiger partial charge in [0.25, 0.3) is 0 Å².